The Morgan fingerprint density at radius 3 is 3.04 bits per heavy atom. The molecule has 0 spiro atoms. The van der Waals surface area contributed by atoms with E-state index in [9.17, 15) is 4.79 Å². The van der Waals surface area contributed by atoms with E-state index < -0.39 is 0 Å². The summed E-state index contributed by atoms with van der Waals surface area (Å²) in [7, 11) is 0. The van der Waals surface area contributed by atoms with Crippen LogP contribution < -0.4 is 5.32 Å². The Labute approximate surface area is 158 Å². The average Bonchev–Trinajstić information content (AvgIpc) is 3.08. The molecule has 1 unspecified atom stereocenters. The van der Waals surface area contributed by atoms with Crippen LogP contribution >= 0.6 is 0 Å². The van der Waals surface area contributed by atoms with Gasteiger partial charge in [-0.1, -0.05) is 42.5 Å². The van der Waals surface area contributed by atoms with E-state index >= 15 is 0 Å². The van der Waals surface area contributed by atoms with Crippen LogP contribution in [0.2, 0.25) is 0 Å². The lowest BCUT2D eigenvalue weighted by Gasteiger charge is -2.38. The minimum absolute atomic E-state index is 0.366. The van der Waals surface area contributed by atoms with Crippen LogP contribution in [0.3, 0.4) is 0 Å². The normalized spacial score (nSPS) is 23.9. The summed E-state index contributed by atoms with van der Waals surface area (Å²) in [5, 5.41) is 5.68. The van der Waals surface area contributed by atoms with Gasteiger partial charge in [-0.2, -0.15) is 0 Å². The molecule has 0 saturated carbocycles. The number of hydrogen-bond donors (Lipinski definition) is 1. The Balaban J connectivity index is 1.51. The predicted molar refractivity (Wildman–Crippen MR) is 105 cm³/mol. The highest BCUT2D eigenvalue weighted by molar-refractivity contribution is 6.16. The Morgan fingerprint density at radius 2 is 2.07 bits per heavy atom. The first kappa shape index (κ1) is 16.3. The number of nitrogens with one attached hydrogen (secondary N) is 1. The second-order valence-corrected chi connectivity index (χ2v) is 7.11. The topological polar surface area (TPSA) is 53.9 Å². The number of fused-ring (bicyclic) bond motifs is 2. The highest BCUT2D eigenvalue weighted by atomic mass is 16.6. The molecule has 0 radical (unpaired) electrons. The smallest absolute Gasteiger partial charge is 0.365 e. The lowest BCUT2D eigenvalue weighted by atomic mass is 9.96. The third-order valence-corrected chi connectivity index (χ3v) is 5.40. The van der Waals surface area contributed by atoms with Gasteiger partial charge in [0.2, 0.25) is 5.90 Å². The molecule has 1 N–H and O–H groups in total. The molecule has 5 rings (SSSR count). The molecule has 2 aromatic carbocycles. The summed E-state index contributed by atoms with van der Waals surface area (Å²) in [6.07, 6.45) is 7.55. The first-order valence-electron chi connectivity index (χ1n) is 9.50. The van der Waals surface area contributed by atoms with Crippen LogP contribution in [0.4, 0.5) is 0 Å². The van der Waals surface area contributed by atoms with Crippen molar-refractivity contribution in [3.8, 4) is 0 Å². The predicted octanol–water partition coefficient (Wildman–Crippen LogP) is 3.33. The Bertz CT molecular complexity index is 1000. The molecule has 2 aliphatic heterocycles. The highest BCUT2D eigenvalue weighted by Crippen LogP contribution is 2.27. The lowest BCUT2D eigenvalue weighted by molar-refractivity contribution is -0.130. The molecule has 3 aliphatic rings. The van der Waals surface area contributed by atoms with Gasteiger partial charge in [-0.15, -0.1) is 0 Å². The second kappa shape index (κ2) is 6.67. The van der Waals surface area contributed by atoms with Crippen molar-refractivity contribution < 1.29 is 9.53 Å². The molecule has 2 heterocycles. The zero-order valence-electron chi connectivity index (χ0n) is 15.0. The summed E-state index contributed by atoms with van der Waals surface area (Å²) in [5.74, 6) is -0.00298. The van der Waals surface area contributed by atoms with Crippen molar-refractivity contribution in [1.29, 1.82) is 0 Å². The van der Waals surface area contributed by atoms with E-state index in [0.29, 0.717) is 17.6 Å². The molecule has 1 atom stereocenters. The minimum atomic E-state index is -0.385. The van der Waals surface area contributed by atoms with Gasteiger partial charge in [0.25, 0.3) is 0 Å². The van der Waals surface area contributed by atoms with Gasteiger partial charge in [0.1, 0.15) is 0 Å². The van der Waals surface area contributed by atoms with Crippen molar-refractivity contribution >= 4 is 22.6 Å². The van der Waals surface area contributed by atoms with Crippen LogP contribution in [0.15, 0.2) is 71.1 Å². The number of carbonyl (C=O) groups is 1. The first-order chi connectivity index (χ1) is 13.3. The van der Waals surface area contributed by atoms with Crippen LogP contribution in [0, 0.1) is 0 Å². The molecule has 2 aromatic rings. The van der Waals surface area contributed by atoms with Crippen molar-refractivity contribution in [2.24, 2.45) is 4.99 Å². The molecule has 0 aromatic heterocycles. The Morgan fingerprint density at radius 1 is 1.19 bits per heavy atom. The van der Waals surface area contributed by atoms with Crippen molar-refractivity contribution in [1.82, 2.24) is 10.2 Å². The highest BCUT2D eigenvalue weighted by Gasteiger charge is 2.29. The summed E-state index contributed by atoms with van der Waals surface area (Å²) in [6, 6.07) is 14.4. The zero-order valence-corrected chi connectivity index (χ0v) is 15.0. The van der Waals surface area contributed by atoms with E-state index in [2.05, 4.69) is 21.3 Å². The lowest BCUT2D eigenvalue weighted by Crippen LogP contribution is -2.47. The number of hydrogen-bond acceptors (Lipinski definition) is 5. The van der Waals surface area contributed by atoms with Gasteiger partial charge in [-0.05, 0) is 36.1 Å². The maximum absolute atomic E-state index is 12.5. The number of benzene rings is 2. The fourth-order valence-electron chi connectivity index (χ4n) is 4.09. The van der Waals surface area contributed by atoms with Gasteiger partial charge in [0.05, 0.1) is 0 Å². The summed E-state index contributed by atoms with van der Waals surface area (Å²) in [4.78, 5) is 19.2. The maximum Gasteiger partial charge on any atom is 0.365 e. The number of cyclic esters (lactones) is 1. The molecule has 136 valence electrons. The summed E-state index contributed by atoms with van der Waals surface area (Å²) < 4.78 is 5.53. The minimum Gasteiger partial charge on any atom is -0.402 e. The third kappa shape index (κ3) is 2.94. The number of piperazine rings is 1. The van der Waals surface area contributed by atoms with Gasteiger partial charge in [-0.3, -0.25) is 0 Å². The monoisotopic (exact) mass is 359 g/mol. The zero-order chi connectivity index (χ0) is 18.2. The first-order valence-corrected chi connectivity index (χ1v) is 9.50. The van der Waals surface area contributed by atoms with Crippen molar-refractivity contribution in [2.75, 3.05) is 13.1 Å². The van der Waals surface area contributed by atoms with Crippen LogP contribution in [0.1, 0.15) is 24.8 Å². The fraction of sp³-hybridized carbons (Fsp3) is 0.273. The molecule has 0 amide bonds. The largest absolute Gasteiger partial charge is 0.402 e. The molecular weight excluding hydrogens is 338 g/mol. The molecule has 27 heavy (non-hydrogen) atoms. The number of carbonyl (C=O) groups excluding carboxylic acids is 1. The number of aliphatic imine (C=N–C) groups is 1. The Hall–Kier alpha value is -2.92. The Kier molecular flexibility index (Phi) is 4.02. The van der Waals surface area contributed by atoms with E-state index in [1.165, 1.54) is 12.1 Å². The summed E-state index contributed by atoms with van der Waals surface area (Å²) in [6.45, 7) is 1.74. The van der Waals surface area contributed by atoms with E-state index in [4.69, 9.17) is 4.74 Å². The standard InChI is InChI=1S/C22H21N3O2/c26-22-19(14-25-13-12-23-18-10-3-4-11-20(18)25)24-21(27-22)17-9-5-7-15-6-1-2-8-16(15)17/h1-2,5-9,11,14,18,23H,3-4,10,12-13H2. The summed E-state index contributed by atoms with van der Waals surface area (Å²) >= 11 is 0. The number of ether oxygens (including phenoxy) is 1. The van der Waals surface area contributed by atoms with Crippen LogP contribution in [0.25, 0.3) is 10.8 Å². The molecular formula is C22H21N3O2. The number of esters is 1. The molecule has 1 saturated heterocycles. The second-order valence-electron chi connectivity index (χ2n) is 7.11. The quantitative estimate of drug-likeness (QED) is 0.660. The van der Waals surface area contributed by atoms with Crippen molar-refractivity contribution in [2.45, 2.75) is 25.3 Å². The van der Waals surface area contributed by atoms with Gasteiger partial charge in [-0.25, -0.2) is 9.79 Å². The average molecular weight is 359 g/mol. The van der Waals surface area contributed by atoms with Crippen LogP contribution in [-0.2, 0) is 9.53 Å². The van der Waals surface area contributed by atoms with Crippen molar-refractivity contribution in [3.63, 3.8) is 0 Å². The number of rotatable bonds is 2. The molecule has 1 fully saturated rings. The van der Waals surface area contributed by atoms with Gasteiger partial charge < -0.3 is 15.0 Å². The molecule has 5 heteroatoms. The van der Waals surface area contributed by atoms with E-state index in [1.54, 1.807) is 0 Å². The van der Waals surface area contributed by atoms with Gasteiger partial charge >= 0.3 is 5.97 Å². The van der Waals surface area contributed by atoms with E-state index in [0.717, 1.165) is 42.3 Å². The van der Waals surface area contributed by atoms with E-state index in [1.807, 2.05) is 48.7 Å². The van der Waals surface area contributed by atoms with Crippen LogP contribution in [0.5, 0.6) is 0 Å². The number of allylic oxidation sites excluding steroid dienone is 1. The maximum atomic E-state index is 12.5. The van der Waals surface area contributed by atoms with Gasteiger partial charge in [0, 0.05) is 36.6 Å². The summed E-state index contributed by atoms with van der Waals surface area (Å²) in [5.41, 5.74) is 2.46. The molecule has 5 nitrogen and oxygen atoms in total. The fourth-order valence-corrected chi connectivity index (χ4v) is 4.09. The molecule has 1 aliphatic carbocycles. The molecule has 0 bridgehead atoms. The third-order valence-electron chi connectivity index (χ3n) is 5.40. The van der Waals surface area contributed by atoms with Gasteiger partial charge in [0.15, 0.2) is 5.70 Å². The van der Waals surface area contributed by atoms with Crippen LogP contribution in [-0.4, -0.2) is 35.9 Å². The van der Waals surface area contributed by atoms with Crippen molar-refractivity contribution in [3.05, 3.63) is 71.7 Å². The number of nitrogens with zero attached hydrogens (tertiary/aromatic N) is 2. The van der Waals surface area contributed by atoms with E-state index in [-0.39, 0.29) is 5.97 Å². The SMILES string of the molecule is O=C1OC(c2cccc3ccccc23)=NC1=CN1CCNC2CCCC=C21.